The fourth-order valence-electron chi connectivity index (χ4n) is 3.11. The van der Waals surface area contributed by atoms with Crippen LogP contribution in [0.15, 0.2) is 41.5 Å². The molecule has 0 saturated heterocycles. The van der Waals surface area contributed by atoms with E-state index in [0.29, 0.717) is 30.4 Å². The summed E-state index contributed by atoms with van der Waals surface area (Å²) in [6.07, 6.45) is 1.66. The van der Waals surface area contributed by atoms with Crippen molar-refractivity contribution < 1.29 is 23.7 Å². The van der Waals surface area contributed by atoms with Crippen molar-refractivity contribution >= 4 is 33.7 Å². The molecule has 30 heavy (non-hydrogen) atoms. The molecule has 1 unspecified atom stereocenters. The number of methoxy groups -OCH3 is 2. The lowest BCUT2D eigenvalue weighted by Crippen LogP contribution is -2.12. The van der Waals surface area contributed by atoms with Crippen LogP contribution in [0.3, 0.4) is 0 Å². The van der Waals surface area contributed by atoms with Crippen LogP contribution in [-0.4, -0.2) is 47.2 Å². The van der Waals surface area contributed by atoms with Gasteiger partial charge in [-0.05, 0) is 24.3 Å². The topological polar surface area (TPSA) is 95.0 Å². The van der Waals surface area contributed by atoms with E-state index in [4.69, 9.17) is 18.9 Å². The predicted molar refractivity (Wildman–Crippen MR) is 114 cm³/mol. The Morgan fingerprint density at radius 3 is 2.80 bits per heavy atom. The number of aromatic amines is 1. The number of hydrogen-bond donors (Lipinski definition) is 1. The van der Waals surface area contributed by atoms with Gasteiger partial charge in [-0.1, -0.05) is 11.8 Å². The molecule has 3 aromatic rings. The fourth-order valence-corrected chi connectivity index (χ4v) is 4.08. The highest BCUT2D eigenvalue weighted by atomic mass is 32.2. The quantitative estimate of drug-likeness (QED) is 0.572. The van der Waals surface area contributed by atoms with Crippen LogP contribution in [0.1, 0.15) is 18.3 Å². The van der Waals surface area contributed by atoms with Crippen LogP contribution < -0.4 is 9.47 Å². The Kier molecular flexibility index (Phi) is 5.91. The average molecular weight is 427 g/mol. The molecule has 2 aromatic heterocycles. The minimum Gasteiger partial charge on any atom is -0.494 e. The summed E-state index contributed by atoms with van der Waals surface area (Å²) in [6.45, 7) is 2.29. The standard InChI is InChI=1S/C21H21N3O5S/c1-12(25)28-19-10-23-21(30-19)17-7-13-6-16(8-18(27-3)20(13)24-17)29-15-5-4-14(11-26-2)22-9-15/h4-9,19,24H,10-11H2,1-3H3. The number of aliphatic imine (C=N–C) groups is 1. The highest BCUT2D eigenvalue weighted by Gasteiger charge is 2.24. The molecule has 9 heteroatoms. The first-order chi connectivity index (χ1) is 14.6. The molecule has 0 spiro atoms. The van der Waals surface area contributed by atoms with E-state index in [1.165, 1.54) is 18.7 Å². The van der Waals surface area contributed by atoms with E-state index in [-0.39, 0.29) is 11.4 Å². The molecule has 0 amide bonds. The third-order valence-electron chi connectivity index (χ3n) is 4.37. The molecule has 1 aliphatic rings. The minimum absolute atomic E-state index is 0.293. The molecule has 8 nitrogen and oxygen atoms in total. The number of benzene rings is 1. The second-order valence-corrected chi connectivity index (χ2v) is 7.74. The van der Waals surface area contributed by atoms with Crippen molar-refractivity contribution in [1.82, 2.24) is 9.97 Å². The van der Waals surface area contributed by atoms with E-state index >= 15 is 0 Å². The number of pyridine rings is 1. The maximum Gasteiger partial charge on any atom is 0.303 e. The van der Waals surface area contributed by atoms with E-state index in [9.17, 15) is 4.79 Å². The lowest BCUT2D eigenvalue weighted by atomic mass is 10.2. The summed E-state index contributed by atoms with van der Waals surface area (Å²) in [4.78, 5) is 23.3. The van der Waals surface area contributed by atoms with Crippen molar-refractivity contribution in [2.75, 3.05) is 20.8 Å². The molecule has 0 radical (unpaired) electrons. The van der Waals surface area contributed by atoms with Crippen molar-refractivity contribution in [1.29, 1.82) is 0 Å². The molecule has 0 fully saturated rings. The summed E-state index contributed by atoms with van der Waals surface area (Å²) in [5.74, 6) is 1.59. The number of nitrogens with one attached hydrogen (secondary N) is 1. The summed E-state index contributed by atoms with van der Waals surface area (Å²) >= 11 is 1.42. The van der Waals surface area contributed by atoms with Crippen LogP contribution in [0.4, 0.5) is 0 Å². The van der Waals surface area contributed by atoms with Gasteiger partial charge in [0.15, 0.2) is 5.44 Å². The minimum atomic E-state index is -0.311. The van der Waals surface area contributed by atoms with Gasteiger partial charge in [-0.3, -0.25) is 14.8 Å². The SMILES string of the molecule is COCc1ccc(Oc2cc(OC)c3[nH]c(C4=NCC(OC(C)=O)S4)cc3c2)cn1. The van der Waals surface area contributed by atoms with E-state index < -0.39 is 0 Å². The number of hydrogen-bond acceptors (Lipinski definition) is 8. The summed E-state index contributed by atoms with van der Waals surface area (Å²) in [5, 5.41) is 1.71. The number of rotatable bonds is 7. The molecule has 0 saturated carbocycles. The van der Waals surface area contributed by atoms with Crippen molar-refractivity contribution in [3.8, 4) is 17.2 Å². The van der Waals surface area contributed by atoms with E-state index in [1.54, 1.807) is 20.4 Å². The van der Waals surface area contributed by atoms with Crippen LogP contribution in [-0.2, 0) is 20.9 Å². The molecule has 1 aliphatic heterocycles. The largest absolute Gasteiger partial charge is 0.494 e. The van der Waals surface area contributed by atoms with Gasteiger partial charge < -0.3 is 23.9 Å². The normalized spacial score (nSPS) is 15.8. The van der Waals surface area contributed by atoms with Crippen LogP contribution in [0.5, 0.6) is 17.2 Å². The zero-order valence-corrected chi connectivity index (χ0v) is 17.6. The molecular weight excluding hydrogens is 406 g/mol. The first-order valence-corrected chi connectivity index (χ1v) is 10.1. The maximum absolute atomic E-state index is 11.2. The number of carbonyl (C=O) groups excluding carboxylic acids is 1. The Hall–Kier alpha value is -3.04. The number of aromatic nitrogens is 2. The second-order valence-electron chi connectivity index (χ2n) is 6.60. The van der Waals surface area contributed by atoms with Gasteiger partial charge in [0.2, 0.25) is 0 Å². The molecular formula is C21H21N3O5S. The zero-order chi connectivity index (χ0) is 21.1. The van der Waals surface area contributed by atoms with E-state index in [0.717, 1.165) is 27.3 Å². The summed E-state index contributed by atoms with van der Waals surface area (Å²) in [6, 6.07) is 9.42. The zero-order valence-electron chi connectivity index (χ0n) is 16.8. The van der Waals surface area contributed by atoms with Gasteiger partial charge in [0.1, 0.15) is 22.3 Å². The third kappa shape index (κ3) is 4.42. The van der Waals surface area contributed by atoms with Crippen molar-refractivity contribution in [3.05, 3.63) is 47.9 Å². The number of esters is 1. The molecule has 1 atom stereocenters. The molecule has 3 heterocycles. The van der Waals surface area contributed by atoms with Gasteiger partial charge >= 0.3 is 5.97 Å². The number of H-pyrrole nitrogens is 1. The molecule has 156 valence electrons. The highest BCUT2D eigenvalue weighted by molar-refractivity contribution is 8.15. The lowest BCUT2D eigenvalue weighted by molar-refractivity contribution is -0.141. The monoisotopic (exact) mass is 427 g/mol. The first-order valence-electron chi connectivity index (χ1n) is 9.27. The number of fused-ring (bicyclic) bond motifs is 1. The Balaban J connectivity index is 1.57. The molecule has 1 aromatic carbocycles. The van der Waals surface area contributed by atoms with Gasteiger partial charge in [0.05, 0.1) is 43.4 Å². The highest BCUT2D eigenvalue weighted by Crippen LogP contribution is 2.35. The van der Waals surface area contributed by atoms with Gasteiger partial charge in [0.25, 0.3) is 0 Å². The van der Waals surface area contributed by atoms with Crippen LogP contribution >= 0.6 is 11.8 Å². The maximum atomic E-state index is 11.2. The Morgan fingerprint density at radius 1 is 1.23 bits per heavy atom. The molecule has 4 rings (SSSR count). The van der Waals surface area contributed by atoms with Gasteiger partial charge in [-0.15, -0.1) is 0 Å². The number of nitrogens with zero attached hydrogens (tertiary/aromatic N) is 2. The molecule has 1 N–H and O–H groups in total. The van der Waals surface area contributed by atoms with E-state index in [1.807, 2.05) is 30.3 Å². The molecule has 0 aliphatic carbocycles. The van der Waals surface area contributed by atoms with Crippen molar-refractivity contribution in [2.45, 2.75) is 19.0 Å². The fraction of sp³-hybridized carbons (Fsp3) is 0.286. The Labute approximate surface area is 177 Å². The Bertz CT molecular complexity index is 1090. The summed E-state index contributed by atoms with van der Waals surface area (Å²) < 4.78 is 21.8. The summed E-state index contributed by atoms with van der Waals surface area (Å²) in [5.41, 5.74) is 2.21. The van der Waals surface area contributed by atoms with Crippen molar-refractivity contribution in [2.24, 2.45) is 4.99 Å². The average Bonchev–Trinajstić information content (AvgIpc) is 3.35. The van der Waals surface area contributed by atoms with Gasteiger partial charge in [-0.2, -0.15) is 0 Å². The number of ether oxygens (including phenoxy) is 4. The first kappa shape index (κ1) is 20.2. The van der Waals surface area contributed by atoms with E-state index in [2.05, 4.69) is 15.0 Å². The lowest BCUT2D eigenvalue weighted by Gasteiger charge is -2.09. The van der Waals surface area contributed by atoms with Crippen LogP contribution in [0, 0.1) is 0 Å². The number of carbonyl (C=O) groups is 1. The summed E-state index contributed by atoms with van der Waals surface area (Å²) in [7, 11) is 3.24. The predicted octanol–water partition coefficient (Wildman–Crippen LogP) is 3.89. The van der Waals surface area contributed by atoms with Gasteiger partial charge in [0, 0.05) is 25.5 Å². The van der Waals surface area contributed by atoms with Crippen LogP contribution in [0.2, 0.25) is 0 Å². The third-order valence-corrected chi connectivity index (χ3v) is 5.45. The van der Waals surface area contributed by atoms with Gasteiger partial charge in [-0.25, -0.2) is 0 Å². The second kappa shape index (κ2) is 8.76. The smallest absolute Gasteiger partial charge is 0.303 e. The van der Waals surface area contributed by atoms with Crippen molar-refractivity contribution in [3.63, 3.8) is 0 Å². The molecule has 0 bridgehead atoms. The van der Waals surface area contributed by atoms with Crippen LogP contribution in [0.25, 0.3) is 10.9 Å². The number of thioether (sulfide) groups is 1. The Morgan fingerprint density at radius 2 is 2.10 bits per heavy atom.